The normalized spacial score (nSPS) is 13.7. The van der Waals surface area contributed by atoms with Gasteiger partial charge in [-0.25, -0.2) is 4.39 Å². The number of carbonyl (C=O) groups is 2. The molecule has 1 heterocycles. The molecule has 1 aliphatic heterocycles. The van der Waals surface area contributed by atoms with E-state index < -0.39 is 17.6 Å². The van der Waals surface area contributed by atoms with E-state index in [1.807, 2.05) is 6.92 Å². The van der Waals surface area contributed by atoms with E-state index in [9.17, 15) is 14.0 Å². The van der Waals surface area contributed by atoms with Crippen LogP contribution in [0, 0.1) is 12.7 Å². The van der Waals surface area contributed by atoms with Crippen LogP contribution in [0.25, 0.3) is 5.57 Å². The van der Waals surface area contributed by atoms with E-state index in [0.717, 1.165) is 11.1 Å². The molecule has 162 valence electrons. The molecule has 0 aliphatic carbocycles. The summed E-state index contributed by atoms with van der Waals surface area (Å²) < 4.78 is 18.7. The van der Waals surface area contributed by atoms with Crippen LogP contribution in [0.3, 0.4) is 0 Å². The molecule has 3 aromatic rings. The van der Waals surface area contributed by atoms with Crippen LogP contribution in [-0.4, -0.2) is 23.8 Å². The smallest absolute Gasteiger partial charge is 0.278 e. The summed E-state index contributed by atoms with van der Waals surface area (Å²) in [6.07, 6.45) is 0. The summed E-state index contributed by atoms with van der Waals surface area (Å²) in [5.74, 6) is -0.658. The van der Waals surface area contributed by atoms with Gasteiger partial charge < -0.3 is 10.1 Å². The second kappa shape index (κ2) is 8.85. The number of imide groups is 1. The number of methoxy groups -OCH3 is 1. The standard InChI is InChI=1S/C25H20ClFN2O3/c1-15-13-18(26)7-12-21(15)28-23-22(17-5-8-19(27)9-6-17)24(30)29(25(23)31)14-16-3-10-20(32-2)11-4-16/h3-13,28H,14H2,1-2H3. The van der Waals surface area contributed by atoms with Crippen molar-refractivity contribution in [2.75, 3.05) is 12.4 Å². The van der Waals surface area contributed by atoms with E-state index in [4.69, 9.17) is 16.3 Å². The number of hydrogen-bond acceptors (Lipinski definition) is 4. The molecule has 3 aromatic carbocycles. The Morgan fingerprint density at radius 2 is 1.66 bits per heavy atom. The SMILES string of the molecule is COc1ccc(CN2C(=O)C(Nc3ccc(Cl)cc3C)=C(c3ccc(F)cc3)C2=O)cc1. The minimum atomic E-state index is -0.459. The van der Waals surface area contributed by atoms with E-state index in [0.29, 0.717) is 22.0 Å². The molecular formula is C25H20ClFN2O3. The van der Waals surface area contributed by atoms with Crippen molar-refractivity contribution in [1.29, 1.82) is 0 Å². The number of rotatable bonds is 6. The van der Waals surface area contributed by atoms with Gasteiger partial charge in [-0.2, -0.15) is 0 Å². The van der Waals surface area contributed by atoms with Gasteiger partial charge in [-0.3, -0.25) is 14.5 Å². The van der Waals surface area contributed by atoms with E-state index in [1.165, 1.54) is 29.2 Å². The fourth-order valence-corrected chi connectivity index (χ4v) is 3.76. The Labute approximate surface area is 190 Å². The van der Waals surface area contributed by atoms with Gasteiger partial charge in [0.15, 0.2) is 0 Å². The molecule has 1 aliphatic rings. The van der Waals surface area contributed by atoms with Crippen LogP contribution in [0.5, 0.6) is 5.75 Å². The summed E-state index contributed by atoms with van der Waals surface area (Å²) in [4.78, 5) is 27.8. The second-order valence-electron chi connectivity index (χ2n) is 7.39. The van der Waals surface area contributed by atoms with Gasteiger partial charge in [-0.1, -0.05) is 35.9 Å². The zero-order valence-corrected chi connectivity index (χ0v) is 18.2. The fraction of sp³-hybridized carbons (Fsp3) is 0.120. The molecule has 0 fully saturated rings. The number of amides is 2. The van der Waals surface area contributed by atoms with Gasteiger partial charge in [0.05, 0.1) is 19.2 Å². The maximum absolute atomic E-state index is 13.5. The minimum absolute atomic E-state index is 0.0944. The quantitative estimate of drug-likeness (QED) is 0.525. The van der Waals surface area contributed by atoms with E-state index in [2.05, 4.69) is 5.32 Å². The lowest BCUT2D eigenvalue weighted by molar-refractivity contribution is -0.137. The average molecular weight is 451 g/mol. The van der Waals surface area contributed by atoms with Crippen LogP contribution in [0.15, 0.2) is 72.4 Å². The fourth-order valence-electron chi connectivity index (χ4n) is 3.54. The highest BCUT2D eigenvalue weighted by Gasteiger charge is 2.39. The van der Waals surface area contributed by atoms with Crippen molar-refractivity contribution < 1.29 is 18.7 Å². The first-order valence-electron chi connectivity index (χ1n) is 9.90. The van der Waals surface area contributed by atoms with Gasteiger partial charge in [-0.15, -0.1) is 0 Å². The molecule has 0 spiro atoms. The van der Waals surface area contributed by atoms with Gasteiger partial charge in [0.1, 0.15) is 17.3 Å². The number of nitrogens with one attached hydrogen (secondary N) is 1. The van der Waals surface area contributed by atoms with Crippen LogP contribution < -0.4 is 10.1 Å². The van der Waals surface area contributed by atoms with Crippen molar-refractivity contribution >= 4 is 34.7 Å². The van der Waals surface area contributed by atoms with Gasteiger partial charge >= 0.3 is 0 Å². The first kappa shape index (κ1) is 21.6. The number of halogens is 2. The van der Waals surface area contributed by atoms with Crippen LogP contribution in [0.2, 0.25) is 5.02 Å². The molecule has 0 atom stereocenters. The third-order valence-electron chi connectivity index (χ3n) is 5.25. The maximum atomic E-state index is 13.5. The minimum Gasteiger partial charge on any atom is -0.497 e. The van der Waals surface area contributed by atoms with Gasteiger partial charge in [0, 0.05) is 10.7 Å². The number of aryl methyl sites for hydroxylation is 1. The highest BCUT2D eigenvalue weighted by atomic mass is 35.5. The predicted molar refractivity (Wildman–Crippen MR) is 122 cm³/mol. The molecule has 0 radical (unpaired) electrons. The molecule has 0 unspecified atom stereocenters. The average Bonchev–Trinajstić information content (AvgIpc) is 3.01. The van der Waals surface area contributed by atoms with Gasteiger partial charge in [0.25, 0.3) is 11.8 Å². The molecule has 0 saturated heterocycles. The zero-order chi connectivity index (χ0) is 22.8. The monoisotopic (exact) mass is 450 g/mol. The number of anilines is 1. The zero-order valence-electron chi connectivity index (χ0n) is 17.5. The molecule has 4 rings (SSSR count). The summed E-state index contributed by atoms with van der Waals surface area (Å²) in [6, 6.07) is 17.8. The second-order valence-corrected chi connectivity index (χ2v) is 7.82. The highest BCUT2D eigenvalue weighted by molar-refractivity contribution is 6.36. The molecule has 32 heavy (non-hydrogen) atoms. The summed E-state index contributed by atoms with van der Waals surface area (Å²) >= 11 is 6.05. The van der Waals surface area contributed by atoms with Crippen LogP contribution >= 0.6 is 11.6 Å². The van der Waals surface area contributed by atoms with Crippen molar-refractivity contribution in [3.05, 3.63) is 100.0 Å². The first-order chi connectivity index (χ1) is 15.4. The van der Waals surface area contributed by atoms with Crippen molar-refractivity contribution in [2.45, 2.75) is 13.5 Å². The Morgan fingerprint density at radius 1 is 0.969 bits per heavy atom. The number of ether oxygens (including phenoxy) is 1. The van der Waals surface area contributed by atoms with E-state index in [1.54, 1.807) is 49.6 Å². The molecule has 7 heteroatoms. The van der Waals surface area contributed by atoms with Crippen molar-refractivity contribution in [1.82, 2.24) is 4.90 Å². The lowest BCUT2D eigenvalue weighted by Crippen LogP contribution is -2.32. The van der Waals surface area contributed by atoms with Crippen LogP contribution in [-0.2, 0) is 16.1 Å². The Balaban J connectivity index is 1.72. The molecular weight excluding hydrogens is 431 g/mol. The maximum Gasteiger partial charge on any atom is 0.278 e. The van der Waals surface area contributed by atoms with Crippen molar-refractivity contribution in [2.24, 2.45) is 0 Å². The van der Waals surface area contributed by atoms with Gasteiger partial charge in [-0.05, 0) is 66.1 Å². The van der Waals surface area contributed by atoms with E-state index >= 15 is 0 Å². The summed E-state index contributed by atoms with van der Waals surface area (Å²) in [5, 5.41) is 3.67. The largest absolute Gasteiger partial charge is 0.497 e. The van der Waals surface area contributed by atoms with Crippen LogP contribution in [0.4, 0.5) is 10.1 Å². The Bertz CT molecular complexity index is 1220. The molecule has 2 amide bonds. The molecule has 0 saturated carbocycles. The summed E-state index contributed by atoms with van der Waals surface area (Å²) in [5.41, 5.74) is 3.03. The summed E-state index contributed by atoms with van der Waals surface area (Å²) in [7, 11) is 1.57. The molecule has 1 N–H and O–H groups in total. The molecule has 0 aromatic heterocycles. The number of nitrogens with zero attached hydrogens (tertiary/aromatic N) is 1. The third kappa shape index (κ3) is 4.22. The summed E-state index contributed by atoms with van der Waals surface area (Å²) in [6.45, 7) is 1.94. The van der Waals surface area contributed by atoms with Gasteiger partial charge in [0.2, 0.25) is 0 Å². The predicted octanol–water partition coefficient (Wildman–Crippen LogP) is 5.19. The van der Waals surface area contributed by atoms with Crippen molar-refractivity contribution in [3.63, 3.8) is 0 Å². The highest BCUT2D eigenvalue weighted by Crippen LogP contribution is 2.33. The number of carbonyl (C=O) groups excluding carboxylic acids is 2. The van der Waals surface area contributed by atoms with Crippen LogP contribution in [0.1, 0.15) is 16.7 Å². The Kier molecular flexibility index (Phi) is 5.97. The lowest BCUT2D eigenvalue weighted by Gasteiger charge is -2.16. The van der Waals surface area contributed by atoms with E-state index in [-0.39, 0.29) is 17.8 Å². The number of benzene rings is 3. The number of hydrogen-bond donors (Lipinski definition) is 1. The molecule has 0 bridgehead atoms. The lowest BCUT2D eigenvalue weighted by atomic mass is 10.0. The molecule has 5 nitrogen and oxygen atoms in total. The third-order valence-corrected chi connectivity index (χ3v) is 5.48. The topological polar surface area (TPSA) is 58.6 Å². The Hall–Kier alpha value is -3.64. The van der Waals surface area contributed by atoms with Crippen molar-refractivity contribution in [3.8, 4) is 5.75 Å². The Morgan fingerprint density at radius 3 is 2.28 bits per heavy atom. The first-order valence-corrected chi connectivity index (χ1v) is 10.3.